The molecule has 6 nitrogen and oxygen atoms in total. The maximum absolute atomic E-state index is 11.7. The molecule has 0 bridgehead atoms. The predicted molar refractivity (Wildman–Crippen MR) is 65.9 cm³/mol. The summed E-state index contributed by atoms with van der Waals surface area (Å²) < 4.78 is 5.17. The van der Waals surface area contributed by atoms with Crippen LogP contribution in [0.1, 0.15) is 26.7 Å². The highest BCUT2D eigenvalue weighted by Gasteiger charge is 2.40. The van der Waals surface area contributed by atoms with E-state index in [0.29, 0.717) is 26.1 Å². The number of ether oxygens (including phenoxy) is 1. The zero-order chi connectivity index (χ0) is 13.8. The first-order valence-corrected chi connectivity index (χ1v) is 6.23. The lowest BCUT2D eigenvalue weighted by atomic mass is 9.80. The SMILES string of the molecule is CC(C)[C@H](N)C(=O)NCC1(C(=O)O)CCOCC1. The Labute approximate surface area is 107 Å². The summed E-state index contributed by atoms with van der Waals surface area (Å²) in [5.41, 5.74) is 4.80. The van der Waals surface area contributed by atoms with Gasteiger partial charge in [0.25, 0.3) is 0 Å². The number of nitrogens with one attached hydrogen (secondary N) is 1. The van der Waals surface area contributed by atoms with E-state index in [0.717, 1.165) is 0 Å². The van der Waals surface area contributed by atoms with Crippen molar-refractivity contribution in [1.82, 2.24) is 5.32 Å². The van der Waals surface area contributed by atoms with Gasteiger partial charge in [-0.3, -0.25) is 9.59 Å². The number of hydrogen-bond donors (Lipinski definition) is 3. The molecule has 4 N–H and O–H groups in total. The highest BCUT2D eigenvalue weighted by Crippen LogP contribution is 2.30. The van der Waals surface area contributed by atoms with Gasteiger partial charge < -0.3 is 20.9 Å². The summed E-state index contributed by atoms with van der Waals surface area (Å²) in [6.07, 6.45) is 0.832. The van der Waals surface area contributed by atoms with Crippen LogP contribution >= 0.6 is 0 Å². The lowest BCUT2D eigenvalue weighted by molar-refractivity contribution is -0.154. The van der Waals surface area contributed by atoms with E-state index in [9.17, 15) is 14.7 Å². The predicted octanol–water partition coefficient (Wildman–Crippen LogP) is -0.0327. The highest BCUT2D eigenvalue weighted by molar-refractivity contribution is 5.83. The molecule has 0 unspecified atom stereocenters. The zero-order valence-electron chi connectivity index (χ0n) is 10.9. The van der Waals surface area contributed by atoms with Crippen LogP contribution in [0, 0.1) is 11.3 Å². The first kappa shape index (κ1) is 14.9. The van der Waals surface area contributed by atoms with E-state index in [4.69, 9.17) is 10.5 Å². The van der Waals surface area contributed by atoms with Gasteiger partial charge in [-0.1, -0.05) is 13.8 Å². The van der Waals surface area contributed by atoms with Gasteiger partial charge in [0.15, 0.2) is 0 Å². The van der Waals surface area contributed by atoms with E-state index in [-0.39, 0.29) is 18.4 Å². The number of amides is 1. The number of carbonyl (C=O) groups excluding carboxylic acids is 1. The standard InChI is InChI=1S/C12H22N2O4/c1-8(2)9(13)10(15)14-7-12(11(16)17)3-5-18-6-4-12/h8-9H,3-7,13H2,1-2H3,(H,14,15)(H,16,17)/t9-/m0/s1. The molecule has 1 aliphatic rings. The molecule has 6 heteroatoms. The summed E-state index contributed by atoms with van der Waals surface area (Å²) in [7, 11) is 0. The maximum Gasteiger partial charge on any atom is 0.311 e. The van der Waals surface area contributed by atoms with Gasteiger partial charge in [-0.05, 0) is 18.8 Å². The van der Waals surface area contributed by atoms with Crippen molar-refractivity contribution in [2.75, 3.05) is 19.8 Å². The second-order valence-electron chi connectivity index (χ2n) is 5.19. The first-order valence-electron chi connectivity index (χ1n) is 6.23. The molecule has 0 aromatic rings. The molecular formula is C12H22N2O4. The molecule has 1 saturated heterocycles. The molecule has 104 valence electrons. The van der Waals surface area contributed by atoms with Crippen LogP contribution in [0.25, 0.3) is 0 Å². The van der Waals surface area contributed by atoms with Gasteiger partial charge in [0.1, 0.15) is 0 Å². The Hall–Kier alpha value is -1.14. The minimum atomic E-state index is -0.912. The molecule has 1 rings (SSSR count). The lowest BCUT2D eigenvalue weighted by Crippen LogP contribution is -2.51. The number of carboxylic acids is 1. The topological polar surface area (TPSA) is 102 Å². The number of aliphatic carboxylic acids is 1. The average Bonchev–Trinajstić information content (AvgIpc) is 2.35. The molecule has 1 heterocycles. The van der Waals surface area contributed by atoms with E-state index in [2.05, 4.69) is 5.32 Å². The molecule has 1 fully saturated rings. The Bertz CT molecular complexity index is 311. The number of hydrogen-bond acceptors (Lipinski definition) is 4. The lowest BCUT2D eigenvalue weighted by Gasteiger charge is -2.33. The summed E-state index contributed by atoms with van der Waals surface area (Å²) >= 11 is 0. The van der Waals surface area contributed by atoms with Gasteiger partial charge in [0.2, 0.25) is 5.91 Å². The summed E-state index contributed by atoms with van der Waals surface area (Å²) in [4.78, 5) is 23.1. The van der Waals surface area contributed by atoms with Crippen molar-refractivity contribution in [2.24, 2.45) is 17.1 Å². The smallest absolute Gasteiger partial charge is 0.311 e. The van der Waals surface area contributed by atoms with Crippen molar-refractivity contribution in [3.8, 4) is 0 Å². The van der Waals surface area contributed by atoms with Crippen molar-refractivity contribution in [2.45, 2.75) is 32.7 Å². The highest BCUT2D eigenvalue weighted by atomic mass is 16.5. The zero-order valence-corrected chi connectivity index (χ0v) is 10.9. The maximum atomic E-state index is 11.7. The quantitative estimate of drug-likeness (QED) is 0.642. The largest absolute Gasteiger partial charge is 0.481 e. The van der Waals surface area contributed by atoms with Crippen LogP contribution in [0.3, 0.4) is 0 Å². The van der Waals surface area contributed by atoms with Crippen LogP contribution in [-0.4, -0.2) is 42.8 Å². The molecule has 1 aliphatic heterocycles. The number of carbonyl (C=O) groups is 2. The minimum absolute atomic E-state index is 0.0282. The third-order valence-electron chi connectivity index (χ3n) is 3.53. The van der Waals surface area contributed by atoms with E-state index < -0.39 is 17.4 Å². The van der Waals surface area contributed by atoms with Gasteiger partial charge in [-0.2, -0.15) is 0 Å². The van der Waals surface area contributed by atoms with Gasteiger partial charge in [-0.25, -0.2) is 0 Å². The molecule has 1 amide bonds. The second-order valence-corrected chi connectivity index (χ2v) is 5.19. The fraction of sp³-hybridized carbons (Fsp3) is 0.833. The summed E-state index contributed by atoms with van der Waals surface area (Å²) in [6.45, 7) is 4.65. The van der Waals surface area contributed by atoms with Gasteiger partial charge in [0, 0.05) is 19.8 Å². The van der Waals surface area contributed by atoms with Gasteiger partial charge in [-0.15, -0.1) is 0 Å². The van der Waals surface area contributed by atoms with Crippen molar-refractivity contribution >= 4 is 11.9 Å². The Kier molecular flexibility index (Phi) is 5.10. The summed E-state index contributed by atoms with van der Waals surface area (Å²) in [5, 5.41) is 12.0. The van der Waals surface area contributed by atoms with Crippen LogP contribution in [-0.2, 0) is 14.3 Å². The van der Waals surface area contributed by atoms with Crippen LogP contribution in [0.4, 0.5) is 0 Å². The van der Waals surface area contributed by atoms with Crippen LogP contribution in [0.15, 0.2) is 0 Å². The van der Waals surface area contributed by atoms with Crippen LogP contribution in [0.2, 0.25) is 0 Å². The Morgan fingerprint density at radius 2 is 1.94 bits per heavy atom. The average molecular weight is 258 g/mol. The fourth-order valence-corrected chi connectivity index (χ4v) is 1.91. The molecule has 0 radical (unpaired) electrons. The molecule has 18 heavy (non-hydrogen) atoms. The third kappa shape index (κ3) is 3.43. The molecule has 0 aliphatic carbocycles. The third-order valence-corrected chi connectivity index (χ3v) is 3.53. The summed E-state index contributed by atoms with van der Waals surface area (Å²) in [5.74, 6) is -1.15. The molecule has 1 atom stereocenters. The Morgan fingerprint density at radius 1 is 1.39 bits per heavy atom. The molecular weight excluding hydrogens is 236 g/mol. The van der Waals surface area contributed by atoms with Crippen molar-refractivity contribution < 1.29 is 19.4 Å². The van der Waals surface area contributed by atoms with E-state index >= 15 is 0 Å². The molecule has 0 spiro atoms. The van der Waals surface area contributed by atoms with E-state index in [1.165, 1.54) is 0 Å². The molecule has 0 aromatic carbocycles. The van der Waals surface area contributed by atoms with Crippen molar-refractivity contribution in [3.05, 3.63) is 0 Å². The second kappa shape index (κ2) is 6.15. The van der Waals surface area contributed by atoms with Crippen molar-refractivity contribution in [1.29, 1.82) is 0 Å². The van der Waals surface area contributed by atoms with E-state index in [1.807, 2.05) is 13.8 Å². The molecule has 0 saturated carbocycles. The van der Waals surface area contributed by atoms with Gasteiger partial charge in [0.05, 0.1) is 11.5 Å². The monoisotopic (exact) mass is 258 g/mol. The minimum Gasteiger partial charge on any atom is -0.481 e. The molecule has 0 aromatic heterocycles. The van der Waals surface area contributed by atoms with E-state index in [1.54, 1.807) is 0 Å². The van der Waals surface area contributed by atoms with Crippen molar-refractivity contribution in [3.63, 3.8) is 0 Å². The number of carboxylic acid groups (broad SMARTS) is 1. The first-order chi connectivity index (χ1) is 8.39. The van der Waals surface area contributed by atoms with Crippen LogP contribution in [0.5, 0.6) is 0 Å². The van der Waals surface area contributed by atoms with Crippen LogP contribution < -0.4 is 11.1 Å². The normalized spacial score (nSPS) is 20.4. The van der Waals surface area contributed by atoms with Gasteiger partial charge >= 0.3 is 5.97 Å². The summed E-state index contributed by atoms with van der Waals surface area (Å²) in [6, 6.07) is -0.601. The Balaban J connectivity index is 2.58. The fourth-order valence-electron chi connectivity index (χ4n) is 1.91. The number of rotatable bonds is 5. The Morgan fingerprint density at radius 3 is 2.39 bits per heavy atom. The number of nitrogens with two attached hydrogens (primary N) is 1.